The highest BCUT2D eigenvalue weighted by Gasteiger charge is 2.16. The topological polar surface area (TPSA) is 114 Å². The summed E-state index contributed by atoms with van der Waals surface area (Å²) < 4.78 is 15.3. The van der Waals surface area contributed by atoms with Crippen molar-refractivity contribution in [3.8, 4) is 23.0 Å². The van der Waals surface area contributed by atoms with Crippen molar-refractivity contribution in [3.05, 3.63) is 47.5 Å². The van der Waals surface area contributed by atoms with E-state index in [1.165, 1.54) is 12.1 Å². The molecule has 0 aliphatic carbocycles. The summed E-state index contributed by atoms with van der Waals surface area (Å²) in [4.78, 5) is 23.6. The van der Waals surface area contributed by atoms with Crippen molar-refractivity contribution < 1.29 is 34.0 Å². The molecule has 1 aliphatic heterocycles. The molecule has 3 N–H and O–H groups in total. The van der Waals surface area contributed by atoms with Crippen molar-refractivity contribution in [2.75, 3.05) is 13.4 Å². The minimum Gasteiger partial charge on any atom is -0.508 e. The molecule has 0 fully saturated rings. The summed E-state index contributed by atoms with van der Waals surface area (Å²) in [5.74, 6) is -0.708. The number of aromatic hydroxyl groups is 2. The lowest BCUT2D eigenvalue weighted by atomic mass is 10.2. The van der Waals surface area contributed by atoms with Crippen LogP contribution in [0, 0.1) is 0 Å². The molecule has 1 aliphatic rings. The fraction of sp³-hybridized carbons (Fsp3) is 0.176. The quantitative estimate of drug-likeness (QED) is 0.700. The van der Waals surface area contributed by atoms with Crippen LogP contribution in [0.4, 0.5) is 0 Å². The van der Waals surface area contributed by atoms with E-state index in [0.717, 1.165) is 11.6 Å². The third-order valence-electron chi connectivity index (χ3n) is 3.46. The highest BCUT2D eigenvalue weighted by atomic mass is 16.7. The van der Waals surface area contributed by atoms with Crippen LogP contribution in [0.5, 0.6) is 23.0 Å². The van der Waals surface area contributed by atoms with Gasteiger partial charge in [-0.05, 0) is 29.8 Å². The van der Waals surface area contributed by atoms with Gasteiger partial charge in [0.25, 0.3) is 5.91 Å². The summed E-state index contributed by atoms with van der Waals surface area (Å²) in [6, 6.07) is 8.73. The molecule has 1 amide bonds. The van der Waals surface area contributed by atoms with Crippen molar-refractivity contribution in [3.63, 3.8) is 0 Å². The number of hydrogen-bond donors (Lipinski definition) is 3. The minimum absolute atomic E-state index is 0.138. The normalized spacial score (nSPS) is 11.8. The van der Waals surface area contributed by atoms with E-state index < -0.39 is 24.2 Å². The van der Waals surface area contributed by atoms with Gasteiger partial charge < -0.3 is 29.7 Å². The number of phenolic OH excluding ortho intramolecular Hbond substituents is 2. The maximum absolute atomic E-state index is 11.8. The molecule has 0 radical (unpaired) electrons. The van der Waals surface area contributed by atoms with Gasteiger partial charge in [-0.25, -0.2) is 4.79 Å². The van der Waals surface area contributed by atoms with E-state index in [9.17, 15) is 19.8 Å². The van der Waals surface area contributed by atoms with Crippen LogP contribution < -0.4 is 14.8 Å². The lowest BCUT2D eigenvalue weighted by molar-refractivity contribution is -0.124. The second kappa shape index (κ2) is 7.00. The number of hydrogen-bond acceptors (Lipinski definition) is 7. The average Bonchev–Trinajstić information content (AvgIpc) is 3.05. The predicted molar refractivity (Wildman–Crippen MR) is 84.5 cm³/mol. The molecule has 1 heterocycles. The van der Waals surface area contributed by atoms with Crippen molar-refractivity contribution in [2.45, 2.75) is 6.54 Å². The Morgan fingerprint density at radius 1 is 1.08 bits per heavy atom. The van der Waals surface area contributed by atoms with Gasteiger partial charge in [-0.3, -0.25) is 4.79 Å². The molecule has 8 nitrogen and oxygen atoms in total. The Balaban J connectivity index is 1.48. The van der Waals surface area contributed by atoms with E-state index >= 15 is 0 Å². The highest BCUT2D eigenvalue weighted by molar-refractivity contribution is 5.94. The number of carbonyl (C=O) groups is 2. The molecule has 25 heavy (non-hydrogen) atoms. The molecule has 2 aromatic rings. The highest BCUT2D eigenvalue weighted by Crippen LogP contribution is 2.32. The van der Waals surface area contributed by atoms with E-state index in [2.05, 4.69) is 5.32 Å². The minimum atomic E-state index is -0.865. The molecule has 3 rings (SSSR count). The van der Waals surface area contributed by atoms with Crippen molar-refractivity contribution in [1.29, 1.82) is 0 Å². The lowest BCUT2D eigenvalue weighted by Crippen LogP contribution is -2.28. The molecule has 0 aromatic heterocycles. The summed E-state index contributed by atoms with van der Waals surface area (Å²) in [5.41, 5.74) is 0.668. The van der Waals surface area contributed by atoms with E-state index in [1.807, 2.05) is 0 Å². The smallest absolute Gasteiger partial charge is 0.342 e. The van der Waals surface area contributed by atoms with Gasteiger partial charge in [0, 0.05) is 12.6 Å². The standard InChI is InChI=1S/C17H15NO7/c19-11-2-3-12(13(20)6-11)17(22)23-8-16(21)18-7-10-1-4-14-15(5-10)25-9-24-14/h1-6,19-20H,7-9H2,(H,18,21). The van der Waals surface area contributed by atoms with Gasteiger partial charge in [-0.2, -0.15) is 0 Å². The van der Waals surface area contributed by atoms with Crippen LogP contribution in [-0.4, -0.2) is 35.5 Å². The largest absolute Gasteiger partial charge is 0.508 e. The zero-order valence-corrected chi connectivity index (χ0v) is 13.0. The van der Waals surface area contributed by atoms with Crippen LogP contribution in [0.2, 0.25) is 0 Å². The van der Waals surface area contributed by atoms with E-state index in [1.54, 1.807) is 18.2 Å². The number of phenols is 2. The Labute approximate surface area is 142 Å². The summed E-state index contributed by atoms with van der Waals surface area (Å²) in [5, 5.41) is 21.4. The van der Waals surface area contributed by atoms with Gasteiger partial charge in [0.1, 0.15) is 17.1 Å². The van der Waals surface area contributed by atoms with Crippen LogP contribution in [0.1, 0.15) is 15.9 Å². The molecule has 130 valence electrons. The number of fused-ring (bicyclic) bond motifs is 1. The Bertz CT molecular complexity index is 819. The molecule has 0 saturated heterocycles. The fourth-order valence-corrected chi connectivity index (χ4v) is 2.20. The van der Waals surface area contributed by atoms with Gasteiger partial charge in [0.2, 0.25) is 6.79 Å². The first kappa shape index (κ1) is 16.4. The Kier molecular flexibility index (Phi) is 4.60. The summed E-state index contributed by atoms with van der Waals surface area (Å²) >= 11 is 0. The van der Waals surface area contributed by atoms with Crippen molar-refractivity contribution in [2.24, 2.45) is 0 Å². The first-order valence-corrected chi connectivity index (χ1v) is 7.37. The molecule has 0 spiro atoms. The van der Waals surface area contributed by atoms with Crippen molar-refractivity contribution >= 4 is 11.9 Å². The molecular formula is C17H15NO7. The fourth-order valence-electron chi connectivity index (χ4n) is 2.20. The number of esters is 1. The van der Waals surface area contributed by atoms with E-state index in [-0.39, 0.29) is 24.7 Å². The molecule has 0 bridgehead atoms. The SMILES string of the molecule is O=C(COC(=O)c1ccc(O)cc1O)NCc1ccc2c(c1)OCO2. The molecular weight excluding hydrogens is 330 g/mol. The Hall–Kier alpha value is -3.42. The number of rotatable bonds is 5. The predicted octanol–water partition coefficient (Wildman–Crippen LogP) is 1.30. The Morgan fingerprint density at radius 2 is 1.88 bits per heavy atom. The van der Waals surface area contributed by atoms with Crippen LogP contribution in [0.15, 0.2) is 36.4 Å². The summed E-state index contributed by atoms with van der Waals surface area (Å²) in [7, 11) is 0. The number of amides is 1. The van der Waals surface area contributed by atoms with Crippen LogP contribution >= 0.6 is 0 Å². The maximum Gasteiger partial charge on any atom is 0.342 e. The molecule has 8 heteroatoms. The average molecular weight is 345 g/mol. The van der Waals surface area contributed by atoms with Crippen LogP contribution in [-0.2, 0) is 16.1 Å². The first-order valence-electron chi connectivity index (χ1n) is 7.37. The number of ether oxygens (including phenoxy) is 3. The third kappa shape index (κ3) is 3.92. The third-order valence-corrected chi connectivity index (χ3v) is 3.46. The van der Waals surface area contributed by atoms with Gasteiger partial charge in [-0.15, -0.1) is 0 Å². The number of nitrogens with one attached hydrogen (secondary N) is 1. The molecule has 0 unspecified atom stereocenters. The maximum atomic E-state index is 11.8. The zero-order chi connectivity index (χ0) is 17.8. The first-order chi connectivity index (χ1) is 12.0. The van der Waals surface area contributed by atoms with Gasteiger partial charge in [-0.1, -0.05) is 6.07 Å². The van der Waals surface area contributed by atoms with Gasteiger partial charge >= 0.3 is 5.97 Å². The van der Waals surface area contributed by atoms with Gasteiger partial charge in [0.15, 0.2) is 18.1 Å². The lowest BCUT2D eigenvalue weighted by Gasteiger charge is -2.08. The van der Waals surface area contributed by atoms with Crippen molar-refractivity contribution in [1.82, 2.24) is 5.32 Å². The summed E-state index contributed by atoms with van der Waals surface area (Å²) in [6.07, 6.45) is 0. The molecule has 2 aromatic carbocycles. The monoisotopic (exact) mass is 345 g/mol. The number of benzene rings is 2. The van der Waals surface area contributed by atoms with Crippen LogP contribution in [0.25, 0.3) is 0 Å². The number of carbonyl (C=O) groups excluding carboxylic acids is 2. The second-order valence-corrected chi connectivity index (χ2v) is 5.24. The molecule has 0 saturated carbocycles. The second-order valence-electron chi connectivity index (χ2n) is 5.24. The summed E-state index contributed by atoms with van der Waals surface area (Å²) in [6.45, 7) is -0.0909. The Morgan fingerprint density at radius 3 is 2.68 bits per heavy atom. The molecule has 0 atom stereocenters. The van der Waals surface area contributed by atoms with E-state index in [4.69, 9.17) is 14.2 Å². The van der Waals surface area contributed by atoms with Crippen LogP contribution in [0.3, 0.4) is 0 Å². The zero-order valence-electron chi connectivity index (χ0n) is 13.0. The van der Waals surface area contributed by atoms with E-state index in [0.29, 0.717) is 11.5 Å². The van der Waals surface area contributed by atoms with Gasteiger partial charge in [0.05, 0.1) is 0 Å².